The quantitative estimate of drug-likeness (QED) is 0.377. The van der Waals surface area contributed by atoms with E-state index in [0.29, 0.717) is 60.4 Å². The number of aliphatic hydroxyl groups excluding tert-OH is 2. The predicted molar refractivity (Wildman–Crippen MR) is 143 cm³/mol. The predicted octanol–water partition coefficient (Wildman–Crippen LogP) is 6.76. The lowest BCUT2D eigenvalue weighted by Crippen LogP contribution is -2.62. The maximum atomic E-state index is 12.3. The van der Waals surface area contributed by atoms with Crippen molar-refractivity contribution in [2.24, 2.45) is 58.2 Å². The maximum Gasteiger partial charge on any atom is 0.306 e. The van der Waals surface area contributed by atoms with E-state index < -0.39 is 0 Å². The smallest absolute Gasteiger partial charge is 0.306 e. The Hall–Kier alpha value is -0.610. The van der Waals surface area contributed by atoms with E-state index in [2.05, 4.69) is 27.7 Å². The van der Waals surface area contributed by atoms with Gasteiger partial charge in [0.25, 0.3) is 0 Å². The molecule has 0 amide bonds. The van der Waals surface area contributed by atoms with Gasteiger partial charge in [-0.2, -0.15) is 0 Å². The minimum absolute atomic E-state index is 0.0152. The molecule has 5 aliphatic rings. The number of ether oxygens (including phenoxy) is 1. The summed E-state index contributed by atoms with van der Waals surface area (Å²) in [6.07, 6.45) is 15.1. The molecule has 0 saturated heterocycles. The van der Waals surface area contributed by atoms with E-state index in [-0.39, 0.29) is 29.0 Å². The molecule has 0 bridgehead atoms. The molecule has 4 heteroatoms. The molecule has 0 aromatic carbocycles. The van der Waals surface area contributed by atoms with Crippen molar-refractivity contribution in [1.29, 1.82) is 0 Å². The third-order valence-electron chi connectivity index (χ3n) is 12.9. The molecule has 0 aromatic heterocycles. The SMILES string of the molecule is CC[C@H]1[C@@H](O)[C@@H]2[C@H](CC[C@]3(C)[C@@H]([C@H](C)CCOC(=O)CC4CCCC4)CC[C@@H]23)[C@@]2(C)CC[C@@H](O)C[C@@H]12. The number of esters is 1. The van der Waals surface area contributed by atoms with Crippen LogP contribution in [0.15, 0.2) is 0 Å². The van der Waals surface area contributed by atoms with Gasteiger partial charge in [0, 0.05) is 6.42 Å². The van der Waals surface area contributed by atoms with Gasteiger partial charge in [-0.15, -0.1) is 0 Å². The van der Waals surface area contributed by atoms with Gasteiger partial charge in [0.1, 0.15) is 0 Å². The minimum Gasteiger partial charge on any atom is -0.466 e. The van der Waals surface area contributed by atoms with Crippen molar-refractivity contribution in [2.75, 3.05) is 6.61 Å². The second-order valence-corrected chi connectivity index (χ2v) is 14.5. The molecule has 5 rings (SSSR count). The highest BCUT2D eigenvalue weighted by Gasteiger charge is 2.64. The summed E-state index contributed by atoms with van der Waals surface area (Å²) in [5.41, 5.74) is 0.549. The molecule has 2 N–H and O–H groups in total. The van der Waals surface area contributed by atoms with E-state index in [1.54, 1.807) is 0 Å². The van der Waals surface area contributed by atoms with Crippen LogP contribution in [-0.4, -0.2) is 35.0 Å². The van der Waals surface area contributed by atoms with Crippen molar-refractivity contribution in [2.45, 2.75) is 130 Å². The molecule has 0 heterocycles. The summed E-state index contributed by atoms with van der Waals surface area (Å²) in [5.74, 6) is 4.16. The van der Waals surface area contributed by atoms with Crippen LogP contribution in [-0.2, 0) is 9.53 Å². The zero-order chi connectivity index (χ0) is 25.7. The lowest BCUT2D eigenvalue weighted by molar-refractivity contribution is -0.203. The average Bonchev–Trinajstić information content (AvgIpc) is 3.47. The lowest BCUT2D eigenvalue weighted by Gasteiger charge is -2.64. The zero-order valence-electron chi connectivity index (χ0n) is 23.6. The summed E-state index contributed by atoms with van der Waals surface area (Å²) >= 11 is 0. The van der Waals surface area contributed by atoms with Gasteiger partial charge < -0.3 is 14.9 Å². The Morgan fingerprint density at radius 3 is 2.36 bits per heavy atom. The highest BCUT2D eigenvalue weighted by Crippen LogP contribution is 2.69. The van der Waals surface area contributed by atoms with Crippen molar-refractivity contribution in [3.8, 4) is 0 Å². The molecule has 0 spiro atoms. The Balaban J connectivity index is 1.24. The van der Waals surface area contributed by atoms with Crippen molar-refractivity contribution in [1.82, 2.24) is 0 Å². The molecule has 0 radical (unpaired) electrons. The minimum atomic E-state index is -0.224. The summed E-state index contributed by atoms with van der Waals surface area (Å²) < 4.78 is 5.72. The van der Waals surface area contributed by atoms with Gasteiger partial charge in [-0.3, -0.25) is 4.79 Å². The number of carbonyl (C=O) groups excluding carboxylic acids is 1. The van der Waals surface area contributed by atoms with Crippen molar-refractivity contribution >= 4 is 5.97 Å². The van der Waals surface area contributed by atoms with Crippen molar-refractivity contribution in [3.05, 3.63) is 0 Å². The van der Waals surface area contributed by atoms with E-state index in [9.17, 15) is 15.0 Å². The van der Waals surface area contributed by atoms with Crippen LogP contribution in [0.4, 0.5) is 0 Å². The van der Waals surface area contributed by atoms with Crippen LogP contribution in [0.5, 0.6) is 0 Å². The fraction of sp³-hybridized carbons (Fsp3) is 0.969. The third kappa shape index (κ3) is 4.59. The average molecular weight is 503 g/mol. The number of fused-ring (bicyclic) bond motifs is 5. The van der Waals surface area contributed by atoms with Crippen molar-refractivity contribution < 1.29 is 19.7 Å². The van der Waals surface area contributed by atoms with Gasteiger partial charge in [-0.25, -0.2) is 0 Å². The van der Waals surface area contributed by atoms with Gasteiger partial charge >= 0.3 is 5.97 Å². The lowest BCUT2D eigenvalue weighted by atomic mass is 9.41. The molecule has 0 aromatic rings. The van der Waals surface area contributed by atoms with Gasteiger partial charge in [-0.1, -0.05) is 47.0 Å². The number of aliphatic hydroxyl groups is 2. The Morgan fingerprint density at radius 2 is 1.64 bits per heavy atom. The second-order valence-electron chi connectivity index (χ2n) is 14.5. The topological polar surface area (TPSA) is 66.8 Å². The third-order valence-corrected chi connectivity index (χ3v) is 12.9. The molecule has 5 saturated carbocycles. The van der Waals surface area contributed by atoms with Gasteiger partial charge in [-0.05, 0) is 122 Å². The van der Waals surface area contributed by atoms with Gasteiger partial charge in [0.15, 0.2) is 0 Å². The summed E-state index contributed by atoms with van der Waals surface area (Å²) in [6.45, 7) is 10.3. The first-order chi connectivity index (χ1) is 17.2. The molecule has 4 nitrogen and oxygen atoms in total. The van der Waals surface area contributed by atoms with Gasteiger partial charge in [0.2, 0.25) is 0 Å². The van der Waals surface area contributed by atoms with Crippen LogP contribution in [0.1, 0.15) is 118 Å². The van der Waals surface area contributed by atoms with E-state index in [4.69, 9.17) is 4.74 Å². The summed E-state index contributed by atoms with van der Waals surface area (Å²) in [7, 11) is 0. The Kier molecular flexibility index (Phi) is 7.88. The molecule has 0 aliphatic heterocycles. The molecule has 11 atom stereocenters. The van der Waals surface area contributed by atoms with Crippen LogP contribution in [0.3, 0.4) is 0 Å². The molecular weight excluding hydrogens is 448 g/mol. The largest absolute Gasteiger partial charge is 0.466 e. The van der Waals surface area contributed by atoms with Crippen LogP contribution < -0.4 is 0 Å². The Labute approximate surface area is 220 Å². The van der Waals surface area contributed by atoms with Crippen LogP contribution in [0, 0.1) is 58.2 Å². The Morgan fingerprint density at radius 1 is 0.944 bits per heavy atom. The monoisotopic (exact) mass is 502 g/mol. The summed E-state index contributed by atoms with van der Waals surface area (Å²) in [6, 6.07) is 0. The standard InChI is InChI=1S/C32H54O4/c1-5-23-27-19-22(33)12-15-32(27,4)26-13-16-31(3)24(10-11-25(31)29(26)30(23)35)20(2)14-17-36-28(34)18-21-8-6-7-9-21/h20-27,29-30,33,35H,5-19H2,1-4H3/t20-,22-,23-,24-,25+,26+,27+,29+,30-,31-,32-/m1/s1. The number of rotatable bonds is 7. The highest BCUT2D eigenvalue weighted by molar-refractivity contribution is 5.69. The molecule has 36 heavy (non-hydrogen) atoms. The van der Waals surface area contributed by atoms with E-state index >= 15 is 0 Å². The van der Waals surface area contributed by atoms with Crippen LogP contribution in [0.25, 0.3) is 0 Å². The van der Waals surface area contributed by atoms with Crippen molar-refractivity contribution in [3.63, 3.8) is 0 Å². The molecule has 5 aliphatic carbocycles. The summed E-state index contributed by atoms with van der Waals surface area (Å²) in [5, 5.41) is 22.4. The molecular formula is C32H54O4. The Bertz CT molecular complexity index is 776. The molecule has 0 unspecified atom stereocenters. The highest BCUT2D eigenvalue weighted by atomic mass is 16.5. The second kappa shape index (κ2) is 10.5. The van der Waals surface area contributed by atoms with E-state index in [0.717, 1.165) is 32.1 Å². The number of hydrogen-bond donors (Lipinski definition) is 2. The molecule has 206 valence electrons. The van der Waals surface area contributed by atoms with E-state index in [1.165, 1.54) is 51.4 Å². The van der Waals surface area contributed by atoms with Crippen LogP contribution >= 0.6 is 0 Å². The zero-order valence-corrected chi connectivity index (χ0v) is 23.6. The van der Waals surface area contributed by atoms with Crippen LogP contribution in [0.2, 0.25) is 0 Å². The number of carbonyl (C=O) groups is 1. The first kappa shape index (κ1) is 27.0. The first-order valence-corrected chi connectivity index (χ1v) is 15.7. The first-order valence-electron chi connectivity index (χ1n) is 15.7. The fourth-order valence-electron chi connectivity index (χ4n) is 11.0. The van der Waals surface area contributed by atoms with E-state index in [1.807, 2.05) is 0 Å². The normalized spacial score (nSPS) is 47.6. The maximum absolute atomic E-state index is 12.3. The fourth-order valence-corrected chi connectivity index (χ4v) is 11.0. The van der Waals surface area contributed by atoms with Gasteiger partial charge in [0.05, 0.1) is 18.8 Å². The number of hydrogen-bond acceptors (Lipinski definition) is 4. The summed E-state index contributed by atoms with van der Waals surface area (Å²) in [4.78, 5) is 12.3. The molecule has 5 fully saturated rings.